The van der Waals surface area contributed by atoms with E-state index in [1.54, 1.807) is 11.0 Å². The predicted octanol–water partition coefficient (Wildman–Crippen LogP) is 2.65. The van der Waals surface area contributed by atoms with Gasteiger partial charge in [-0.1, -0.05) is 12.1 Å². The third kappa shape index (κ3) is 5.44. The maximum Gasteiger partial charge on any atom is 0.258 e. The molecule has 7 nitrogen and oxygen atoms in total. The summed E-state index contributed by atoms with van der Waals surface area (Å²) >= 11 is 0. The fourth-order valence-electron chi connectivity index (χ4n) is 5.19. The number of morpholine rings is 1. The van der Waals surface area contributed by atoms with Crippen LogP contribution in [0, 0.1) is 5.92 Å². The van der Waals surface area contributed by atoms with Gasteiger partial charge in [0, 0.05) is 32.7 Å². The van der Waals surface area contributed by atoms with Crippen LogP contribution in [0.3, 0.4) is 0 Å². The normalized spacial score (nSPS) is 22.8. The minimum atomic E-state index is -0.345. The highest BCUT2D eigenvalue weighted by atomic mass is 16.5. The summed E-state index contributed by atoms with van der Waals surface area (Å²) < 4.78 is 11.1. The minimum Gasteiger partial charge on any atom is -0.493 e. The SMILES string of the molecule is CCOc1ccccc1C(=O)N1CCCC1C(=O)N1CCC(CCN2CCOCC2)CC1. The van der Waals surface area contributed by atoms with Crippen LogP contribution in [0.2, 0.25) is 0 Å². The first-order valence-corrected chi connectivity index (χ1v) is 12.3. The Bertz CT molecular complexity index is 772. The highest BCUT2D eigenvalue weighted by Crippen LogP contribution is 2.28. The molecule has 1 aromatic rings. The van der Waals surface area contributed by atoms with E-state index in [1.165, 1.54) is 6.42 Å². The van der Waals surface area contributed by atoms with E-state index in [1.807, 2.05) is 30.0 Å². The molecule has 4 rings (SSSR count). The summed E-state index contributed by atoms with van der Waals surface area (Å²) in [7, 11) is 0. The van der Waals surface area contributed by atoms with Crippen molar-refractivity contribution >= 4 is 11.8 Å². The number of para-hydroxylation sites is 1. The van der Waals surface area contributed by atoms with Crippen molar-refractivity contribution in [3.63, 3.8) is 0 Å². The van der Waals surface area contributed by atoms with Gasteiger partial charge in [-0.05, 0) is 63.6 Å². The van der Waals surface area contributed by atoms with Crippen molar-refractivity contribution in [2.45, 2.75) is 45.1 Å². The third-order valence-corrected chi connectivity index (χ3v) is 7.10. The topological polar surface area (TPSA) is 62.3 Å². The Morgan fingerprint density at radius 3 is 2.53 bits per heavy atom. The van der Waals surface area contributed by atoms with Crippen LogP contribution in [0.1, 0.15) is 49.4 Å². The van der Waals surface area contributed by atoms with Crippen molar-refractivity contribution in [3.05, 3.63) is 29.8 Å². The van der Waals surface area contributed by atoms with E-state index in [2.05, 4.69) is 4.90 Å². The molecule has 0 aromatic heterocycles. The summed E-state index contributed by atoms with van der Waals surface area (Å²) in [5.74, 6) is 1.31. The number of rotatable bonds is 7. The molecule has 1 atom stereocenters. The number of hydrogen-bond acceptors (Lipinski definition) is 5. The maximum atomic E-state index is 13.3. The van der Waals surface area contributed by atoms with E-state index in [0.717, 1.165) is 71.6 Å². The molecular weight excluding hydrogens is 406 g/mol. The van der Waals surface area contributed by atoms with Crippen LogP contribution in [0.4, 0.5) is 0 Å². The molecule has 3 saturated heterocycles. The number of benzene rings is 1. The predicted molar refractivity (Wildman–Crippen MR) is 123 cm³/mol. The molecule has 0 bridgehead atoms. The first-order valence-electron chi connectivity index (χ1n) is 12.3. The van der Waals surface area contributed by atoms with E-state index in [-0.39, 0.29) is 17.9 Å². The lowest BCUT2D eigenvalue weighted by Crippen LogP contribution is -2.50. The number of likely N-dealkylation sites (tertiary alicyclic amines) is 2. The number of piperidine rings is 1. The molecule has 0 radical (unpaired) electrons. The molecular formula is C25H37N3O4. The van der Waals surface area contributed by atoms with Gasteiger partial charge in [0.2, 0.25) is 5.91 Å². The quantitative estimate of drug-likeness (QED) is 0.648. The van der Waals surface area contributed by atoms with Gasteiger partial charge >= 0.3 is 0 Å². The molecule has 176 valence electrons. The molecule has 0 N–H and O–H groups in total. The average molecular weight is 444 g/mol. The second kappa shape index (κ2) is 11.1. The second-order valence-corrected chi connectivity index (χ2v) is 9.10. The monoisotopic (exact) mass is 443 g/mol. The van der Waals surface area contributed by atoms with Gasteiger partial charge < -0.3 is 19.3 Å². The molecule has 1 aromatic carbocycles. The highest BCUT2D eigenvalue weighted by molar-refractivity contribution is 6.00. The molecule has 7 heteroatoms. The lowest BCUT2D eigenvalue weighted by molar-refractivity contribution is -0.136. The molecule has 1 unspecified atom stereocenters. The van der Waals surface area contributed by atoms with Crippen LogP contribution in [0.5, 0.6) is 5.75 Å². The third-order valence-electron chi connectivity index (χ3n) is 7.10. The minimum absolute atomic E-state index is 0.0923. The van der Waals surface area contributed by atoms with E-state index in [4.69, 9.17) is 9.47 Å². The van der Waals surface area contributed by atoms with Gasteiger partial charge in [-0.25, -0.2) is 0 Å². The smallest absolute Gasteiger partial charge is 0.258 e. The van der Waals surface area contributed by atoms with E-state index in [0.29, 0.717) is 30.4 Å². The van der Waals surface area contributed by atoms with E-state index >= 15 is 0 Å². The standard InChI is InChI=1S/C25H37N3O4/c1-2-32-23-8-4-3-6-21(23)24(29)28-12-5-7-22(28)25(30)27-14-10-20(11-15-27)9-13-26-16-18-31-19-17-26/h3-4,6,8,20,22H,2,5,7,9-19H2,1H3. The number of hydrogen-bond donors (Lipinski definition) is 0. The summed E-state index contributed by atoms with van der Waals surface area (Å²) in [4.78, 5) is 32.9. The first kappa shape index (κ1) is 23.1. The van der Waals surface area contributed by atoms with Crippen molar-refractivity contribution in [1.82, 2.24) is 14.7 Å². The Hall–Kier alpha value is -2.12. The average Bonchev–Trinajstić information content (AvgIpc) is 3.33. The fraction of sp³-hybridized carbons (Fsp3) is 0.680. The highest BCUT2D eigenvalue weighted by Gasteiger charge is 2.38. The van der Waals surface area contributed by atoms with E-state index in [9.17, 15) is 9.59 Å². The van der Waals surface area contributed by atoms with Gasteiger partial charge in [0.1, 0.15) is 11.8 Å². The van der Waals surface area contributed by atoms with Gasteiger partial charge in [0.25, 0.3) is 5.91 Å². The summed E-state index contributed by atoms with van der Waals surface area (Å²) in [5, 5.41) is 0. The maximum absolute atomic E-state index is 13.3. The molecule has 3 fully saturated rings. The van der Waals surface area contributed by atoms with Gasteiger partial charge in [-0.3, -0.25) is 14.5 Å². The van der Waals surface area contributed by atoms with Crippen LogP contribution in [-0.2, 0) is 9.53 Å². The number of carbonyl (C=O) groups excluding carboxylic acids is 2. The lowest BCUT2D eigenvalue weighted by Gasteiger charge is -2.36. The zero-order valence-electron chi connectivity index (χ0n) is 19.3. The van der Waals surface area contributed by atoms with Gasteiger partial charge in [-0.2, -0.15) is 0 Å². The van der Waals surface area contributed by atoms with Crippen molar-refractivity contribution in [2.75, 3.05) is 59.1 Å². The molecule has 32 heavy (non-hydrogen) atoms. The zero-order chi connectivity index (χ0) is 22.3. The van der Waals surface area contributed by atoms with Crippen molar-refractivity contribution in [3.8, 4) is 5.75 Å². The first-order chi connectivity index (χ1) is 15.7. The van der Waals surface area contributed by atoms with Crippen LogP contribution in [0.25, 0.3) is 0 Å². The van der Waals surface area contributed by atoms with Crippen LogP contribution in [-0.4, -0.2) is 91.6 Å². The van der Waals surface area contributed by atoms with Gasteiger partial charge in [0.15, 0.2) is 0 Å². The van der Waals surface area contributed by atoms with Crippen molar-refractivity contribution < 1.29 is 19.1 Å². The Kier molecular flexibility index (Phi) is 8.03. The Balaban J connectivity index is 1.31. The summed E-state index contributed by atoms with van der Waals surface area (Å²) in [5.41, 5.74) is 0.552. The number of nitrogens with zero attached hydrogens (tertiary/aromatic N) is 3. The van der Waals surface area contributed by atoms with Crippen molar-refractivity contribution in [2.24, 2.45) is 5.92 Å². The van der Waals surface area contributed by atoms with Crippen LogP contribution >= 0.6 is 0 Å². The van der Waals surface area contributed by atoms with E-state index < -0.39 is 0 Å². The van der Waals surface area contributed by atoms with Crippen LogP contribution < -0.4 is 4.74 Å². The van der Waals surface area contributed by atoms with Crippen molar-refractivity contribution in [1.29, 1.82) is 0 Å². The zero-order valence-corrected chi connectivity index (χ0v) is 19.3. The fourth-order valence-corrected chi connectivity index (χ4v) is 5.19. The largest absolute Gasteiger partial charge is 0.493 e. The molecule has 0 aliphatic carbocycles. The lowest BCUT2D eigenvalue weighted by atomic mass is 9.92. The summed E-state index contributed by atoms with van der Waals surface area (Å²) in [6.45, 7) is 9.56. The van der Waals surface area contributed by atoms with Crippen LogP contribution in [0.15, 0.2) is 24.3 Å². The Labute approximate surface area is 191 Å². The molecule has 3 heterocycles. The second-order valence-electron chi connectivity index (χ2n) is 9.10. The van der Waals surface area contributed by atoms with Gasteiger partial charge in [0.05, 0.1) is 25.4 Å². The Morgan fingerprint density at radius 1 is 1.03 bits per heavy atom. The molecule has 2 amide bonds. The molecule has 0 saturated carbocycles. The summed E-state index contributed by atoms with van der Waals surface area (Å²) in [6.07, 6.45) is 4.94. The summed E-state index contributed by atoms with van der Waals surface area (Å²) in [6, 6.07) is 7.00. The number of ether oxygens (including phenoxy) is 2. The molecule has 0 spiro atoms. The Morgan fingerprint density at radius 2 is 1.78 bits per heavy atom. The number of amides is 2. The van der Waals surface area contributed by atoms with Gasteiger partial charge in [-0.15, -0.1) is 0 Å². The molecule has 3 aliphatic heterocycles. The molecule has 3 aliphatic rings. The number of carbonyl (C=O) groups is 2.